The van der Waals surface area contributed by atoms with Gasteiger partial charge in [-0.3, -0.25) is 9.69 Å². The molecule has 1 heterocycles. The first kappa shape index (κ1) is 24.9. The molecule has 2 unspecified atom stereocenters. The van der Waals surface area contributed by atoms with E-state index in [-0.39, 0.29) is 17.6 Å². The molecule has 3 aromatic carbocycles. The molecule has 6 heteroatoms. The Morgan fingerprint density at radius 3 is 2.25 bits per heavy atom. The normalized spacial score (nSPS) is 22.3. The van der Waals surface area contributed by atoms with Crippen molar-refractivity contribution in [3.8, 4) is 0 Å². The van der Waals surface area contributed by atoms with E-state index in [0.29, 0.717) is 18.0 Å². The summed E-state index contributed by atoms with van der Waals surface area (Å²) >= 11 is 6.15. The number of rotatable bonds is 9. The van der Waals surface area contributed by atoms with Crippen molar-refractivity contribution in [2.24, 2.45) is 5.92 Å². The van der Waals surface area contributed by atoms with Gasteiger partial charge < -0.3 is 10.2 Å². The van der Waals surface area contributed by atoms with Crippen LogP contribution in [0.15, 0.2) is 78.9 Å². The van der Waals surface area contributed by atoms with Crippen LogP contribution in [0.1, 0.15) is 23.1 Å². The average molecular weight is 506 g/mol. The summed E-state index contributed by atoms with van der Waals surface area (Å²) in [6.07, 6.45) is 1.53. The fourth-order valence-electron chi connectivity index (χ4n) is 5.47. The van der Waals surface area contributed by atoms with E-state index in [2.05, 4.69) is 45.4 Å². The standard InChI is InChI=1S/C30H33ClFN3O/c31-27-10-8-25(9-11-27)30(29(36)33-15-14-23-6-12-28(32)13-7-23)20-26(30)22-35-18-16-34(17-19-35)21-24-4-2-1-3-5-24/h1-13,26H,14-22H2,(H,33,36). The Morgan fingerprint density at radius 2 is 1.56 bits per heavy atom. The van der Waals surface area contributed by atoms with Gasteiger partial charge >= 0.3 is 0 Å². The van der Waals surface area contributed by atoms with Crippen LogP contribution in [-0.4, -0.2) is 55.0 Å². The second-order valence-electron chi connectivity index (χ2n) is 10.1. The highest BCUT2D eigenvalue weighted by molar-refractivity contribution is 6.30. The maximum Gasteiger partial charge on any atom is 0.231 e. The van der Waals surface area contributed by atoms with Gasteiger partial charge in [0.25, 0.3) is 0 Å². The molecule has 1 amide bonds. The van der Waals surface area contributed by atoms with Gasteiger partial charge in [0.1, 0.15) is 5.82 Å². The van der Waals surface area contributed by atoms with Crippen LogP contribution in [0.4, 0.5) is 4.39 Å². The van der Waals surface area contributed by atoms with E-state index in [9.17, 15) is 9.18 Å². The van der Waals surface area contributed by atoms with E-state index in [0.717, 1.165) is 56.8 Å². The largest absolute Gasteiger partial charge is 0.355 e. The van der Waals surface area contributed by atoms with Crippen molar-refractivity contribution >= 4 is 17.5 Å². The van der Waals surface area contributed by atoms with Gasteiger partial charge in [0.15, 0.2) is 0 Å². The molecule has 4 nitrogen and oxygen atoms in total. The van der Waals surface area contributed by atoms with Crippen LogP contribution in [0.5, 0.6) is 0 Å². The van der Waals surface area contributed by atoms with Crippen LogP contribution >= 0.6 is 11.6 Å². The number of amides is 1. The van der Waals surface area contributed by atoms with Gasteiger partial charge in [-0.25, -0.2) is 4.39 Å². The SMILES string of the molecule is O=C(NCCc1ccc(F)cc1)C1(c2ccc(Cl)cc2)CC1CN1CCN(Cc2ccccc2)CC1. The van der Waals surface area contributed by atoms with Gasteiger partial charge in [0.05, 0.1) is 5.41 Å². The van der Waals surface area contributed by atoms with Crippen molar-refractivity contribution in [3.05, 3.63) is 106 Å². The molecule has 1 aliphatic heterocycles. The van der Waals surface area contributed by atoms with Gasteiger partial charge in [-0.1, -0.05) is 66.2 Å². The second kappa shape index (κ2) is 11.1. The Bertz CT molecular complexity index is 1150. The first-order valence-corrected chi connectivity index (χ1v) is 13.2. The third kappa shape index (κ3) is 5.80. The number of halogens is 2. The van der Waals surface area contributed by atoms with Crippen molar-refractivity contribution < 1.29 is 9.18 Å². The molecule has 1 saturated heterocycles. The van der Waals surface area contributed by atoms with Gasteiger partial charge in [0.2, 0.25) is 5.91 Å². The molecule has 188 valence electrons. The maximum atomic E-state index is 13.5. The molecular weight excluding hydrogens is 473 g/mol. The predicted molar refractivity (Wildman–Crippen MR) is 143 cm³/mol. The Kier molecular flexibility index (Phi) is 7.70. The summed E-state index contributed by atoms with van der Waals surface area (Å²) in [4.78, 5) is 18.6. The molecule has 5 rings (SSSR count). The van der Waals surface area contributed by atoms with E-state index < -0.39 is 5.41 Å². The molecule has 2 fully saturated rings. The lowest BCUT2D eigenvalue weighted by Crippen LogP contribution is -2.47. The number of carbonyl (C=O) groups excluding carboxylic acids is 1. The molecule has 1 N–H and O–H groups in total. The van der Waals surface area contributed by atoms with E-state index in [4.69, 9.17) is 11.6 Å². The van der Waals surface area contributed by atoms with Crippen molar-refractivity contribution in [3.63, 3.8) is 0 Å². The number of nitrogens with one attached hydrogen (secondary N) is 1. The van der Waals surface area contributed by atoms with Crippen LogP contribution in [0, 0.1) is 11.7 Å². The number of carbonyl (C=O) groups is 1. The lowest BCUT2D eigenvalue weighted by Gasteiger charge is -2.35. The Labute approximate surface area is 218 Å². The molecule has 0 bridgehead atoms. The molecule has 1 aliphatic carbocycles. The number of hydrogen-bond acceptors (Lipinski definition) is 3. The lowest BCUT2D eigenvalue weighted by molar-refractivity contribution is -0.124. The zero-order valence-electron chi connectivity index (χ0n) is 20.5. The molecule has 0 aromatic heterocycles. The van der Waals surface area contributed by atoms with E-state index >= 15 is 0 Å². The Morgan fingerprint density at radius 1 is 0.889 bits per heavy atom. The number of hydrogen-bond donors (Lipinski definition) is 1. The zero-order chi connectivity index (χ0) is 25.0. The fourth-order valence-corrected chi connectivity index (χ4v) is 5.60. The summed E-state index contributed by atoms with van der Waals surface area (Å²) in [6.45, 7) is 6.57. The summed E-state index contributed by atoms with van der Waals surface area (Å²) in [7, 11) is 0. The smallest absolute Gasteiger partial charge is 0.231 e. The number of benzene rings is 3. The average Bonchev–Trinajstić information content (AvgIpc) is 3.62. The van der Waals surface area contributed by atoms with Crippen molar-refractivity contribution in [2.45, 2.75) is 24.8 Å². The summed E-state index contributed by atoms with van der Waals surface area (Å²) in [5.74, 6) is 0.121. The minimum atomic E-state index is -0.505. The predicted octanol–water partition coefficient (Wildman–Crippen LogP) is 4.91. The summed E-state index contributed by atoms with van der Waals surface area (Å²) < 4.78 is 13.2. The highest BCUT2D eigenvalue weighted by Gasteiger charge is 2.61. The van der Waals surface area contributed by atoms with Crippen molar-refractivity contribution in [2.75, 3.05) is 39.3 Å². The first-order chi connectivity index (χ1) is 17.5. The Balaban J connectivity index is 1.18. The summed E-state index contributed by atoms with van der Waals surface area (Å²) in [6, 6.07) is 24.8. The van der Waals surface area contributed by atoms with Crippen LogP contribution in [-0.2, 0) is 23.2 Å². The zero-order valence-corrected chi connectivity index (χ0v) is 21.3. The van der Waals surface area contributed by atoms with Gasteiger partial charge in [0, 0.05) is 50.8 Å². The van der Waals surface area contributed by atoms with Crippen LogP contribution in [0.25, 0.3) is 0 Å². The molecular formula is C30H33ClFN3O. The topological polar surface area (TPSA) is 35.6 Å². The first-order valence-electron chi connectivity index (χ1n) is 12.8. The fraction of sp³-hybridized carbons (Fsp3) is 0.367. The maximum absolute atomic E-state index is 13.5. The van der Waals surface area contributed by atoms with Gasteiger partial charge in [-0.05, 0) is 59.7 Å². The van der Waals surface area contributed by atoms with Crippen molar-refractivity contribution in [1.29, 1.82) is 0 Å². The molecule has 1 saturated carbocycles. The molecule has 0 spiro atoms. The Hall–Kier alpha value is -2.73. The lowest BCUT2D eigenvalue weighted by atomic mass is 9.91. The second-order valence-corrected chi connectivity index (χ2v) is 10.5. The third-order valence-corrected chi connectivity index (χ3v) is 7.93. The van der Waals surface area contributed by atoms with E-state index in [1.54, 1.807) is 12.1 Å². The summed E-state index contributed by atoms with van der Waals surface area (Å²) in [5.41, 5.74) is 2.90. The van der Waals surface area contributed by atoms with Crippen LogP contribution in [0.2, 0.25) is 5.02 Å². The third-order valence-electron chi connectivity index (χ3n) is 7.67. The van der Waals surface area contributed by atoms with Crippen molar-refractivity contribution in [1.82, 2.24) is 15.1 Å². The minimum Gasteiger partial charge on any atom is -0.355 e. The highest BCUT2D eigenvalue weighted by Crippen LogP contribution is 2.55. The van der Waals surface area contributed by atoms with Gasteiger partial charge in [-0.2, -0.15) is 0 Å². The van der Waals surface area contributed by atoms with Crippen LogP contribution < -0.4 is 5.32 Å². The minimum absolute atomic E-state index is 0.0830. The number of nitrogens with zero attached hydrogens (tertiary/aromatic N) is 2. The quantitative estimate of drug-likeness (QED) is 0.448. The number of piperazine rings is 1. The summed E-state index contributed by atoms with van der Waals surface area (Å²) in [5, 5.41) is 3.85. The molecule has 3 aromatic rings. The molecule has 2 aliphatic rings. The highest BCUT2D eigenvalue weighted by atomic mass is 35.5. The van der Waals surface area contributed by atoms with Gasteiger partial charge in [-0.15, -0.1) is 0 Å². The molecule has 0 radical (unpaired) electrons. The molecule has 2 atom stereocenters. The van der Waals surface area contributed by atoms with E-state index in [1.807, 2.05) is 24.3 Å². The van der Waals surface area contributed by atoms with E-state index in [1.165, 1.54) is 17.7 Å². The molecule has 36 heavy (non-hydrogen) atoms. The monoisotopic (exact) mass is 505 g/mol. The van der Waals surface area contributed by atoms with Crippen LogP contribution in [0.3, 0.4) is 0 Å².